The van der Waals surface area contributed by atoms with Crippen molar-refractivity contribution in [2.45, 2.75) is 56.8 Å². The lowest BCUT2D eigenvalue weighted by atomic mass is 10.1. The van der Waals surface area contributed by atoms with Crippen LogP contribution < -0.4 is 0 Å². The summed E-state index contributed by atoms with van der Waals surface area (Å²) in [4.78, 5) is 17.0. The van der Waals surface area contributed by atoms with Gasteiger partial charge in [-0.2, -0.15) is 4.98 Å². The Morgan fingerprint density at radius 3 is 2.47 bits per heavy atom. The van der Waals surface area contributed by atoms with Crippen molar-refractivity contribution in [2.75, 3.05) is 19.3 Å². The Bertz CT molecular complexity index is 1090. The molecule has 1 amide bonds. The maximum atomic E-state index is 14.3. The fourth-order valence-corrected chi connectivity index (χ4v) is 3.85. The van der Waals surface area contributed by atoms with E-state index in [-0.39, 0.29) is 36.1 Å². The average molecular weight is 473 g/mol. The molecule has 0 N–H and O–H groups in total. The van der Waals surface area contributed by atoms with Crippen molar-refractivity contribution < 1.29 is 36.0 Å². The Hall–Kier alpha value is -2.60. The number of ether oxygens (including phenoxy) is 2. The van der Waals surface area contributed by atoms with Gasteiger partial charge < -0.3 is 18.9 Å². The highest BCUT2D eigenvalue weighted by Gasteiger charge is 2.28. The number of halogens is 2. The van der Waals surface area contributed by atoms with E-state index in [4.69, 9.17) is 14.0 Å². The van der Waals surface area contributed by atoms with Gasteiger partial charge in [0.15, 0.2) is 15.7 Å². The van der Waals surface area contributed by atoms with Crippen LogP contribution >= 0.6 is 0 Å². The largest absolute Gasteiger partial charge is 0.444 e. The molecule has 0 bridgehead atoms. The SMILES string of the molecule is CC(C)(C)OC(=O)N1CCC(OCc2noc(-c3cc(F)c(S(C)(=O)=O)cc3F)n2)CC1. The quantitative estimate of drug-likeness (QED) is 0.650. The zero-order chi connectivity index (χ0) is 23.7. The number of hydrogen-bond donors (Lipinski definition) is 0. The van der Waals surface area contributed by atoms with Gasteiger partial charge in [0.1, 0.15) is 28.7 Å². The van der Waals surface area contributed by atoms with Crippen LogP contribution in [0.5, 0.6) is 0 Å². The molecular weight excluding hydrogens is 448 g/mol. The second-order valence-corrected chi connectivity index (χ2v) is 10.5. The van der Waals surface area contributed by atoms with E-state index >= 15 is 0 Å². The summed E-state index contributed by atoms with van der Waals surface area (Å²) in [7, 11) is -3.92. The number of likely N-dealkylation sites (tertiary alicyclic amines) is 1. The molecule has 176 valence electrons. The maximum absolute atomic E-state index is 14.3. The highest BCUT2D eigenvalue weighted by molar-refractivity contribution is 7.90. The van der Waals surface area contributed by atoms with E-state index < -0.39 is 32.0 Å². The Balaban J connectivity index is 1.57. The van der Waals surface area contributed by atoms with Gasteiger partial charge >= 0.3 is 6.09 Å². The molecule has 0 radical (unpaired) electrons. The third-order valence-corrected chi connectivity index (χ3v) is 5.77. The van der Waals surface area contributed by atoms with Crippen LogP contribution in [0.3, 0.4) is 0 Å². The molecule has 0 saturated carbocycles. The van der Waals surface area contributed by atoms with Crippen LogP contribution in [0.4, 0.5) is 13.6 Å². The topological polar surface area (TPSA) is 112 Å². The molecular formula is C20H25F2N3O6S. The van der Waals surface area contributed by atoms with Crippen LogP contribution in [0, 0.1) is 11.6 Å². The Morgan fingerprint density at radius 2 is 1.88 bits per heavy atom. The predicted molar refractivity (Wildman–Crippen MR) is 108 cm³/mol. The van der Waals surface area contributed by atoms with Gasteiger partial charge in [0.25, 0.3) is 5.89 Å². The third-order valence-electron chi connectivity index (χ3n) is 4.66. The second kappa shape index (κ2) is 9.10. The first-order chi connectivity index (χ1) is 14.8. The summed E-state index contributed by atoms with van der Waals surface area (Å²) in [5.74, 6) is -2.28. The van der Waals surface area contributed by atoms with Crippen LogP contribution in [0.2, 0.25) is 0 Å². The normalized spacial score (nSPS) is 15.8. The van der Waals surface area contributed by atoms with Gasteiger partial charge in [-0.05, 0) is 45.7 Å². The van der Waals surface area contributed by atoms with Crippen LogP contribution in [-0.2, 0) is 25.9 Å². The molecule has 32 heavy (non-hydrogen) atoms. The Kier molecular flexibility index (Phi) is 6.84. The molecule has 0 spiro atoms. The fourth-order valence-electron chi connectivity index (χ4n) is 3.12. The molecule has 1 saturated heterocycles. The molecule has 2 aromatic rings. The van der Waals surface area contributed by atoms with Crippen molar-refractivity contribution in [2.24, 2.45) is 0 Å². The lowest BCUT2D eigenvalue weighted by Crippen LogP contribution is -2.43. The van der Waals surface area contributed by atoms with Crippen LogP contribution in [0.25, 0.3) is 11.5 Å². The monoisotopic (exact) mass is 473 g/mol. The van der Waals surface area contributed by atoms with E-state index in [1.165, 1.54) is 0 Å². The third kappa shape index (κ3) is 6.00. The van der Waals surface area contributed by atoms with Crippen LogP contribution in [0.1, 0.15) is 39.4 Å². The van der Waals surface area contributed by atoms with Gasteiger partial charge in [0, 0.05) is 19.3 Å². The predicted octanol–water partition coefficient (Wildman–Crippen LogP) is 3.33. The van der Waals surface area contributed by atoms with Crippen molar-refractivity contribution >= 4 is 15.9 Å². The summed E-state index contributed by atoms with van der Waals surface area (Å²) in [6, 6.07) is 1.29. The summed E-state index contributed by atoms with van der Waals surface area (Å²) in [6.07, 6.45) is 1.46. The fraction of sp³-hybridized carbons (Fsp3) is 0.550. The molecule has 0 unspecified atom stereocenters. The molecule has 9 nitrogen and oxygen atoms in total. The summed E-state index contributed by atoms with van der Waals surface area (Å²) in [6.45, 7) is 6.36. The summed E-state index contributed by atoms with van der Waals surface area (Å²) in [5.41, 5.74) is -0.909. The molecule has 1 aromatic heterocycles. The lowest BCUT2D eigenvalue weighted by molar-refractivity contribution is -0.0190. The Labute approximate surface area is 184 Å². The Morgan fingerprint density at radius 1 is 1.22 bits per heavy atom. The van der Waals surface area contributed by atoms with Crippen molar-refractivity contribution in [1.29, 1.82) is 0 Å². The van der Waals surface area contributed by atoms with E-state index in [1.54, 1.807) is 25.7 Å². The number of rotatable bonds is 5. The summed E-state index contributed by atoms with van der Waals surface area (Å²) >= 11 is 0. The minimum Gasteiger partial charge on any atom is -0.444 e. The number of nitrogens with zero attached hydrogens (tertiary/aromatic N) is 3. The number of aromatic nitrogens is 2. The molecule has 2 heterocycles. The summed E-state index contributed by atoms with van der Waals surface area (Å²) in [5, 5.41) is 3.70. The first kappa shape index (κ1) is 24.1. The molecule has 1 aliphatic rings. The summed E-state index contributed by atoms with van der Waals surface area (Å²) < 4.78 is 67.5. The number of sulfone groups is 1. The molecule has 3 rings (SSSR count). The number of amides is 1. The first-order valence-electron chi connectivity index (χ1n) is 9.95. The van der Waals surface area contributed by atoms with Crippen molar-refractivity contribution in [3.05, 3.63) is 29.6 Å². The van der Waals surface area contributed by atoms with Gasteiger partial charge in [-0.15, -0.1) is 0 Å². The zero-order valence-corrected chi connectivity index (χ0v) is 19.0. The lowest BCUT2D eigenvalue weighted by Gasteiger charge is -2.33. The van der Waals surface area contributed by atoms with E-state index in [0.29, 0.717) is 38.1 Å². The minimum absolute atomic E-state index is 0.0217. The molecule has 1 fully saturated rings. The van der Waals surface area contributed by atoms with Gasteiger partial charge in [-0.1, -0.05) is 5.16 Å². The van der Waals surface area contributed by atoms with Crippen molar-refractivity contribution in [3.63, 3.8) is 0 Å². The van der Waals surface area contributed by atoms with Gasteiger partial charge in [0.05, 0.1) is 11.7 Å². The standard InChI is InChI=1S/C20H25F2N3O6S/c1-20(2,3)30-19(26)25-7-5-12(6-8-25)29-11-17-23-18(31-24-17)13-9-15(22)16(10-14(13)21)32(4,27)28/h9-10,12H,5-8,11H2,1-4H3. The minimum atomic E-state index is -3.92. The van der Waals surface area contributed by atoms with Crippen molar-refractivity contribution in [3.8, 4) is 11.5 Å². The van der Waals surface area contributed by atoms with E-state index in [2.05, 4.69) is 10.1 Å². The van der Waals surface area contributed by atoms with E-state index in [0.717, 1.165) is 6.26 Å². The van der Waals surface area contributed by atoms with Gasteiger partial charge in [0.2, 0.25) is 0 Å². The van der Waals surface area contributed by atoms with Gasteiger partial charge in [-0.25, -0.2) is 22.0 Å². The number of carbonyl (C=O) groups excluding carboxylic acids is 1. The van der Waals surface area contributed by atoms with Crippen LogP contribution in [0.15, 0.2) is 21.6 Å². The second-order valence-electron chi connectivity index (χ2n) is 8.53. The number of carbonyl (C=O) groups is 1. The van der Waals surface area contributed by atoms with Crippen molar-refractivity contribution in [1.82, 2.24) is 15.0 Å². The zero-order valence-electron chi connectivity index (χ0n) is 18.2. The van der Waals surface area contributed by atoms with E-state index in [9.17, 15) is 22.0 Å². The molecule has 0 aliphatic carbocycles. The molecule has 0 atom stereocenters. The average Bonchev–Trinajstić information content (AvgIpc) is 3.15. The van der Waals surface area contributed by atoms with E-state index in [1.807, 2.05) is 0 Å². The number of benzene rings is 1. The smallest absolute Gasteiger partial charge is 0.410 e. The molecule has 1 aromatic carbocycles. The highest BCUT2D eigenvalue weighted by Crippen LogP contribution is 2.27. The maximum Gasteiger partial charge on any atom is 0.410 e. The van der Waals surface area contributed by atoms with Gasteiger partial charge in [-0.3, -0.25) is 0 Å². The highest BCUT2D eigenvalue weighted by atomic mass is 32.2. The molecule has 1 aliphatic heterocycles. The molecule has 12 heteroatoms. The number of hydrogen-bond acceptors (Lipinski definition) is 8. The first-order valence-corrected chi connectivity index (χ1v) is 11.8. The van der Waals surface area contributed by atoms with Crippen LogP contribution in [-0.4, -0.2) is 60.6 Å². The number of piperidine rings is 1.